The summed E-state index contributed by atoms with van der Waals surface area (Å²) in [4.78, 5) is 0. The second kappa shape index (κ2) is 15.2. The Bertz CT molecular complexity index is 2000. The van der Waals surface area contributed by atoms with Crippen LogP contribution in [0, 0.1) is 0 Å². The summed E-state index contributed by atoms with van der Waals surface area (Å²) in [5.74, 6) is 4.51. The Labute approximate surface area is 353 Å². The zero-order valence-electron chi connectivity index (χ0n) is 39.1. The lowest BCUT2D eigenvalue weighted by Crippen LogP contribution is -2.35. The van der Waals surface area contributed by atoms with Crippen LogP contribution in [0.4, 0.5) is 0 Å². The molecule has 4 nitrogen and oxygen atoms in total. The number of aliphatic hydroxyl groups is 1. The monoisotopic (exact) mass is 791 g/mol. The van der Waals surface area contributed by atoms with Crippen molar-refractivity contribution in [3.8, 4) is 17.2 Å². The van der Waals surface area contributed by atoms with E-state index in [2.05, 4.69) is 126 Å². The van der Waals surface area contributed by atoms with Gasteiger partial charge in [0.1, 0.15) is 17.2 Å². The van der Waals surface area contributed by atoms with Crippen LogP contribution in [0.5, 0.6) is 17.2 Å². The highest BCUT2D eigenvalue weighted by atomic mass is 16.5. The third-order valence-corrected chi connectivity index (χ3v) is 15.8. The lowest BCUT2D eigenvalue weighted by atomic mass is 9.67. The smallest absolute Gasteiger partial charge is 0.129 e. The maximum atomic E-state index is 12.5. The highest BCUT2D eigenvalue weighted by molar-refractivity contribution is 5.57. The molecule has 1 aliphatic carbocycles. The van der Waals surface area contributed by atoms with Gasteiger partial charge in [-0.3, -0.25) is 0 Å². The number of hydrogen-bond acceptors (Lipinski definition) is 4. The summed E-state index contributed by atoms with van der Waals surface area (Å²) in [7, 11) is 0. The molecule has 4 heteroatoms. The van der Waals surface area contributed by atoms with E-state index in [9.17, 15) is 5.11 Å². The third kappa shape index (κ3) is 7.87. The molecule has 0 saturated heterocycles. The third-order valence-electron chi connectivity index (χ3n) is 15.8. The van der Waals surface area contributed by atoms with Gasteiger partial charge in [-0.2, -0.15) is 0 Å². The summed E-state index contributed by atoms with van der Waals surface area (Å²) >= 11 is 0. The standard InChI is InChI=1S/C54H78O4/c1-15-36(6)39-32-40(49(7,8)9)46-43(33-39)52(13,24-26-57-46)17-19-54(20-21-54)45-31-38(35(4)5)29-42-48(45)58-27-23-51(42,12)16-18-53(14,55)44-30-37(34(2)3)28-41-47(44)56-25-22-50(41,10)11/h28-36,55H,15-27H2,1-14H3. The second-order valence-electron chi connectivity index (χ2n) is 22.6. The van der Waals surface area contributed by atoms with E-state index in [0.717, 1.165) is 74.4 Å². The summed E-state index contributed by atoms with van der Waals surface area (Å²) in [5, 5.41) is 12.5. The van der Waals surface area contributed by atoms with Gasteiger partial charge in [0.2, 0.25) is 0 Å². The summed E-state index contributed by atoms with van der Waals surface area (Å²) in [5.41, 5.74) is 11.0. The van der Waals surface area contributed by atoms with Gasteiger partial charge in [0.05, 0.1) is 25.4 Å². The molecule has 0 amide bonds. The lowest BCUT2D eigenvalue weighted by molar-refractivity contribution is 0.0317. The molecule has 4 unspecified atom stereocenters. The van der Waals surface area contributed by atoms with E-state index in [-0.39, 0.29) is 27.1 Å². The van der Waals surface area contributed by atoms with Crippen LogP contribution >= 0.6 is 0 Å². The van der Waals surface area contributed by atoms with Gasteiger partial charge >= 0.3 is 0 Å². The summed E-state index contributed by atoms with van der Waals surface area (Å²) in [6, 6.07) is 14.5. The average Bonchev–Trinajstić information content (AvgIpc) is 3.96. The topological polar surface area (TPSA) is 47.9 Å². The van der Waals surface area contributed by atoms with Crippen LogP contribution < -0.4 is 14.2 Å². The number of rotatable bonds is 12. The molecule has 7 rings (SSSR count). The number of ether oxygens (including phenoxy) is 3. The van der Waals surface area contributed by atoms with Crippen molar-refractivity contribution in [3.63, 3.8) is 0 Å². The van der Waals surface area contributed by atoms with Crippen molar-refractivity contribution < 1.29 is 19.3 Å². The molecule has 3 heterocycles. The molecule has 3 aromatic rings. The van der Waals surface area contributed by atoms with Gasteiger partial charge < -0.3 is 19.3 Å². The Balaban J connectivity index is 1.21. The Morgan fingerprint density at radius 1 is 0.569 bits per heavy atom. The molecule has 1 fully saturated rings. The summed E-state index contributed by atoms with van der Waals surface area (Å²) in [6.07, 6.45) is 10.4. The van der Waals surface area contributed by atoms with Crippen LogP contribution in [-0.2, 0) is 32.7 Å². The van der Waals surface area contributed by atoms with E-state index < -0.39 is 5.60 Å². The highest BCUT2D eigenvalue weighted by Crippen LogP contribution is 2.60. The average molecular weight is 791 g/mol. The first-order valence-electron chi connectivity index (χ1n) is 23.2. The minimum atomic E-state index is -1.03. The SMILES string of the molecule is CCC(C)c1cc(C(C)(C)C)c2c(c1)C(C)(CCC1(c3cc(C(C)C)cc4c3OCCC4(C)CCC(C)(O)c3cc(C(C)C)cc4c3OCCC4(C)C)CC1)CCO2. The fourth-order valence-corrected chi connectivity index (χ4v) is 10.4. The summed E-state index contributed by atoms with van der Waals surface area (Å²) < 4.78 is 19.9. The van der Waals surface area contributed by atoms with Crippen molar-refractivity contribution in [1.29, 1.82) is 0 Å². The minimum Gasteiger partial charge on any atom is -0.493 e. The largest absolute Gasteiger partial charge is 0.493 e. The number of fused-ring (bicyclic) bond motifs is 3. The van der Waals surface area contributed by atoms with Crippen molar-refractivity contribution in [3.05, 3.63) is 86.5 Å². The lowest BCUT2D eigenvalue weighted by Gasteiger charge is -2.42. The molecule has 0 aromatic heterocycles. The quantitative estimate of drug-likeness (QED) is 0.198. The van der Waals surface area contributed by atoms with Gasteiger partial charge in [-0.1, -0.05) is 120 Å². The van der Waals surface area contributed by atoms with Crippen LogP contribution in [0.25, 0.3) is 0 Å². The molecular weight excluding hydrogens is 713 g/mol. The molecule has 4 atom stereocenters. The normalized spacial score (nSPS) is 24.8. The number of benzene rings is 3. The van der Waals surface area contributed by atoms with Gasteiger partial charge in [-0.25, -0.2) is 0 Å². The summed E-state index contributed by atoms with van der Waals surface area (Å²) in [6.45, 7) is 34.7. The maximum Gasteiger partial charge on any atom is 0.129 e. The Morgan fingerprint density at radius 2 is 1.05 bits per heavy atom. The highest BCUT2D eigenvalue weighted by Gasteiger charge is 2.50. The van der Waals surface area contributed by atoms with Crippen LogP contribution in [0.2, 0.25) is 0 Å². The van der Waals surface area contributed by atoms with Gasteiger partial charge in [-0.05, 0) is 139 Å². The van der Waals surface area contributed by atoms with E-state index >= 15 is 0 Å². The Kier molecular flexibility index (Phi) is 11.3. The predicted molar refractivity (Wildman–Crippen MR) is 242 cm³/mol. The van der Waals surface area contributed by atoms with Gasteiger partial charge in [0, 0.05) is 33.4 Å². The van der Waals surface area contributed by atoms with Crippen LogP contribution in [0.1, 0.15) is 229 Å². The zero-order valence-corrected chi connectivity index (χ0v) is 39.1. The molecule has 3 aliphatic heterocycles. The molecule has 1 N–H and O–H groups in total. The van der Waals surface area contributed by atoms with Crippen molar-refractivity contribution >= 4 is 0 Å². The first-order valence-corrected chi connectivity index (χ1v) is 23.2. The van der Waals surface area contributed by atoms with E-state index in [4.69, 9.17) is 14.2 Å². The van der Waals surface area contributed by atoms with Crippen LogP contribution in [0.3, 0.4) is 0 Å². The Hall–Kier alpha value is -2.98. The Morgan fingerprint density at radius 3 is 1.64 bits per heavy atom. The van der Waals surface area contributed by atoms with Crippen molar-refractivity contribution in [1.82, 2.24) is 0 Å². The number of hydrogen-bond donors (Lipinski definition) is 1. The molecule has 4 aliphatic rings. The zero-order chi connectivity index (χ0) is 42.2. The van der Waals surface area contributed by atoms with E-state index in [1.54, 1.807) is 0 Å². The van der Waals surface area contributed by atoms with Gasteiger partial charge in [0.25, 0.3) is 0 Å². The predicted octanol–water partition coefficient (Wildman–Crippen LogP) is 14.1. The van der Waals surface area contributed by atoms with Crippen LogP contribution in [0.15, 0.2) is 36.4 Å². The molecular formula is C54H78O4. The molecule has 0 bridgehead atoms. The minimum absolute atomic E-state index is 0.00879. The molecule has 0 radical (unpaired) electrons. The second-order valence-corrected chi connectivity index (χ2v) is 22.6. The maximum absolute atomic E-state index is 12.5. The fraction of sp³-hybridized carbons (Fsp3) is 0.667. The van der Waals surface area contributed by atoms with Gasteiger partial charge in [0.15, 0.2) is 0 Å². The van der Waals surface area contributed by atoms with Crippen LogP contribution in [-0.4, -0.2) is 24.9 Å². The van der Waals surface area contributed by atoms with Crippen molar-refractivity contribution in [2.45, 2.75) is 212 Å². The fourth-order valence-electron chi connectivity index (χ4n) is 10.4. The molecule has 3 aromatic carbocycles. The van der Waals surface area contributed by atoms with Crippen molar-refractivity contribution in [2.24, 2.45) is 0 Å². The molecule has 0 spiro atoms. The van der Waals surface area contributed by atoms with Gasteiger partial charge in [-0.15, -0.1) is 0 Å². The van der Waals surface area contributed by atoms with E-state index in [0.29, 0.717) is 37.4 Å². The molecule has 318 valence electrons. The first-order chi connectivity index (χ1) is 27.0. The first kappa shape index (κ1) is 43.1. The van der Waals surface area contributed by atoms with E-state index in [1.165, 1.54) is 57.3 Å². The van der Waals surface area contributed by atoms with E-state index in [1.807, 2.05) is 6.92 Å². The molecule has 58 heavy (non-hydrogen) atoms. The van der Waals surface area contributed by atoms with Crippen molar-refractivity contribution in [2.75, 3.05) is 19.8 Å². The molecule has 1 saturated carbocycles.